The molecule has 0 aliphatic carbocycles. The summed E-state index contributed by atoms with van der Waals surface area (Å²) in [5.74, 6) is 0. The van der Waals surface area contributed by atoms with E-state index in [2.05, 4.69) is 21.0 Å². The summed E-state index contributed by atoms with van der Waals surface area (Å²) in [4.78, 5) is 10.1. The van der Waals surface area contributed by atoms with Crippen LogP contribution in [0, 0.1) is 17.0 Å². The first kappa shape index (κ1) is 12.1. The lowest BCUT2D eigenvalue weighted by atomic mass is 10.3. The van der Waals surface area contributed by atoms with Crippen molar-refractivity contribution in [1.82, 2.24) is 9.78 Å². The fourth-order valence-corrected chi connectivity index (χ4v) is 1.89. The smallest absolute Gasteiger partial charge is 0.258 e. The Morgan fingerprint density at radius 1 is 1.41 bits per heavy atom. The van der Waals surface area contributed by atoms with E-state index in [-0.39, 0.29) is 5.69 Å². The van der Waals surface area contributed by atoms with Gasteiger partial charge in [-0.1, -0.05) is 11.6 Å². The van der Waals surface area contributed by atoms with Gasteiger partial charge in [0.2, 0.25) is 0 Å². The Balaban J connectivity index is 2.47. The third-order valence-electron chi connectivity index (χ3n) is 2.24. The summed E-state index contributed by atoms with van der Waals surface area (Å²) in [6.07, 6.45) is 0. The minimum atomic E-state index is -0.449. The minimum absolute atomic E-state index is 0.0350. The van der Waals surface area contributed by atoms with Crippen molar-refractivity contribution in [2.45, 2.75) is 6.92 Å². The van der Waals surface area contributed by atoms with Gasteiger partial charge in [0.05, 0.1) is 20.8 Å². The van der Waals surface area contributed by atoms with Gasteiger partial charge in [0.25, 0.3) is 5.69 Å². The number of halogens is 2. The van der Waals surface area contributed by atoms with E-state index < -0.39 is 4.92 Å². The highest BCUT2D eigenvalue weighted by Gasteiger charge is 2.13. The van der Waals surface area contributed by atoms with Crippen LogP contribution in [0.15, 0.2) is 28.7 Å². The van der Waals surface area contributed by atoms with Gasteiger partial charge in [-0.05, 0) is 35.0 Å². The molecular weight excluding hydrogens is 309 g/mol. The van der Waals surface area contributed by atoms with Gasteiger partial charge in [0, 0.05) is 12.1 Å². The first-order valence-electron chi connectivity index (χ1n) is 4.66. The summed E-state index contributed by atoms with van der Waals surface area (Å²) in [5, 5.41) is 15.2. The Kier molecular flexibility index (Phi) is 3.17. The number of hydrogen-bond donors (Lipinski definition) is 0. The van der Waals surface area contributed by atoms with Gasteiger partial charge in [0.1, 0.15) is 5.15 Å². The molecule has 0 unspecified atom stereocenters. The Morgan fingerprint density at radius 3 is 2.41 bits per heavy atom. The van der Waals surface area contributed by atoms with Gasteiger partial charge in [-0.15, -0.1) is 0 Å². The van der Waals surface area contributed by atoms with Crippen molar-refractivity contribution in [1.29, 1.82) is 0 Å². The summed E-state index contributed by atoms with van der Waals surface area (Å²) in [6, 6.07) is 6.03. The zero-order valence-electron chi connectivity index (χ0n) is 8.72. The van der Waals surface area contributed by atoms with Crippen LogP contribution in [0.5, 0.6) is 0 Å². The molecule has 1 aromatic heterocycles. The molecule has 0 saturated carbocycles. The van der Waals surface area contributed by atoms with Crippen LogP contribution in [0.4, 0.5) is 5.69 Å². The zero-order chi connectivity index (χ0) is 12.6. The molecule has 17 heavy (non-hydrogen) atoms. The molecule has 0 spiro atoms. The summed E-state index contributed by atoms with van der Waals surface area (Å²) < 4.78 is 2.24. The molecule has 1 aromatic carbocycles. The van der Waals surface area contributed by atoms with E-state index in [1.165, 1.54) is 16.8 Å². The molecule has 1 heterocycles. The summed E-state index contributed by atoms with van der Waals surface area (Å²) in [5.41, 5.74) is 1.47. The number of nitro benzene ring substituents is 1. The number of rotatable bonds is 2. The zero-order valence-corrected chi connectivity index (χ0v) is 11.1. The van der Waals surface area contributed by atoms with E-state index >= 15 is 0 Å². The Hall–Kier alpha value is -1.40. The van der Waals surface area contributed by atoms with E-state index in [4.69, 9.17) is 11.6 Å². The molecule has 0 saturated heterocycles. The van der Waals surface area contributed by atoms with Crippen LogP contribution >= 0.6 is 27.5 Å². The van der Waals surface area contributed by atoms with E-state index in [0.29, 0.717) is 10.8 Å². The fraction of sp³-hybridized carbons (Fsp3) is 0.100. The summed E-state index contributed by atoms with van der Waals surface area (Å²) in [7, 11) is 0. The molecule has 0 amide bonds. The molecule has 0 atom stereocenters. The molecule has 0 N–H and O–H groups in total. The Morgan fingerprint density at radius 2 is 2.00 bits per heavy atom. The highest BCUT2D eigenvalue weighted by Crippen LogP contribution is 2.28. The number of hydrogen-bond acceptors (Lipinski definition) is 3. The molecule has 0 aliphatic heterocycles. The third-order valence-corrected chi connectivity index (χ3v) is 3.77. The average molecular weight is 317 g/mol. The van der Waals surface area contributed by atoms with Crippen LogP contribution in [-0.4, -0.2) is 14.7 Å². The molecule has 5 nitrogen and oxygen atoms in total. The SMILES string of the molecule is Cc1nn(-c2ccc([N+](=O)[O-])cc2)c(Cl)c1Br. The second-order valence-electron chi connectivity index (χ2n) is 3.38. The van der Waals surface area contributed by atoms with Gasteiger partial charge in [-0.25, -0.2) is 4.68 Å². The number of non-ortho nitro benzene ring substituents is 1. The van der Waals surface area contributed by atoms with E-state index in [9.17, 15) is 10.1 Å². The van der Waals surface area contributed by atoms with E-state index in [0.717, 1.165) is 10.2 Å². The summed E-state index contributed by atoms with van der Waals surface area (Å²) in [6.45, 7) is 1.82. The number of aryl methyl sites for hydroxylation is 1. The standard InChI is InChI=1S/C10H7BrClN3O2/c1-6-9(11)10(12)14(13-6)7-2-4-8(5-3-7)15(16)17/h2-5H,1H3. The van der Waals surface area contributed by atoms with Crippen LogP contribution < -0.4 is 0 Å². The molecule has 2 rings (SSSR count). The Labute approximate surface area is 110 Å². The topological polar surface area (TPSA) is 61.0 Å². The van der Waals surface area contributed by atoms with Crippen molar-refractivity contribution < 1.29 is 4.92 Å². The van der Waals surface area contributed by atoms with Crippen molar-refractivity contribution >= 4 is 33.2 Å². The number of benzene rings is 1. The molecule has 0 aliphatic rings. The van der Waals surface area contributed by atoms with Crippen LogP contribution in [0.2, 0.25) is 5.15 Å². The highest BCUT2D eigenvalue weighted by atomic mass is 79.9. The normalized spacial score (nSPS) is 10.5. The second-order valence-corrected chi connectivity index (χ2v) is 4.53. The monoisotopic (exact) mass is 315 g/mol. The quantitative estimate of drug-likeness (QED) is 0.629. The average Bonchev–Trinajstić information content (AvgIpc) is 2.57. The number of aromatic nitrogens is 2. The lowest BCUT2D eigenvalue weighted by Gasteiger charge is -2.02. The lowest BCUT2D eigenvalue weighted by molar-refractivity contribution is -0.384. The first-order valence-corrected chi connectivity index (χ1v) is 5.83. The number of nitro groups is 1. The number of nitrogens with zero attached hydrogens (tertiary/aromatic N) is 3. The highest BCUT2D eigenvalue weighted by molar-refractivity contribution is 9.10. The van der Waals surface area contributed by atoms with Crippen molar-refractivity contribution in [3.8, 4) is 5.69 Å². The maximum atomic E-state index is 10.5. The third kappa shape index (κ3) is 2.18. The van der Waals surface area contributed by atoms with E-state index in [1.807, 2.05) is 6.92 Å². The molecule has 0 radical (unpaired) electrons. The van der Waals surface area contributed by atoms with Gasteiger partial charge >= 0.3 is 0 Å². The second kappa shape index (κ2) is 4.46. The molecule has 0 bridgehead atoms. The molecule has 7 heteroatoms. The van der Waals surface area contributed by atoms with Crippen molar-refractivity contribution in [3.05, 3.63) is 49.7 Å². The molecule has 0 fully saturated rings. The maximum Gasteiger partial charge on any atom is 0.269 e. The van der Waals surface area contributed by atoms with Crippen LogP contribution in [0.25, 0.3) is 5.69 Å². The lowest BCUT2D eigenvalue weighted by Crippen LogP contribution is -1.97. The van der Waals surface area contributed by atoms with Crippen LogP contribution in [-0.2, 0) is 0 Å². The predicted molar refractivity (Wildman–Crippen MR) is 67.7 cm³/mol. The summed E-state index contributed by atoms with van der Waals surface area (Å²) >= 11 is 9.38. The molecule has 2 aromatic rings. The van der Waals surface area contributed by atoms with Crippen LogP contribution in [0.1, 0.15) is 5.69 Å². The minimum Gasteiger partial charge on any atom is -0.258 e. The predicted octanol–water partition coefficient (Wildman–Crippen LogP) is 3.50. The first-order chi connectivity index (χ1) is 8.00. The van der Waals surface area contributed by atoms with Gasteiger partial charge in [-0.3, -0.25) is 10.1 Å². The van der Waals surface area contributed by atoms with Gasteiger partial charge in [-0.2, -0.15) is 5.10 Å². The van der Waals surface area contributed by atoms with E-state index in [1.54, 1.807) is 12.1 Å². The van der Waals surface area contributed by atoms with Crippen LogP contribution in [0.3, 0.4) is 0 Å². The maximum absolute atomic E-state index is 10.5. The van der Waals surface area contributed by atoms with Crippen molar-refractivity contribution in [2.75, 3.05) is 0 Å². The van der Waals surface area contributed by atoms with Gasteiger partial charge in [0.15, 0.2) is 0 Å². The van der Waals surface area contributed by atoms with Crippen molar-refractivity contribution in [3.63, 3.8) is 0 Å². The fourth-order valence-electron chi connectivity index (χ4n) is 1.37. The Bertz CT molecular complexity index is 580. The largest absolute Gasteiger partial charge is 0.269 e. The van der Waals surface area contributed by atoms with Crippen molar-refractivity contribution in [2.24, 2.45) is 0 Å². The van der Waals surface area contributed by atoms with Gasteiger partial charge < -0.3 is 0 Å². The molecule has 88 valence electrons. The molecular formula is C10H7BrClN3O2.